The minimum absolute atomic E-state index is 0. The van der Waals surface area contributed by atoms with Crippen LogP contribution in [0.25, 0.3) is 22.1 Å². The molecule has 0 aliphatic carbocycles. The first kappa shape index (κ1) is 47.9. The molecule has 4 saturated heterocycles. The van der Waals surface area contributed by atoms with E-state index < -0.39 is 0 Å². The Morgan fingerprint density at radius 2 is 1.06 bits per heavy atom. The van der Waals surface area contributed by atoms with Gasteiger partial charge in [0.1, 0.15) is 0 Å². The number of carbonyl (C=O) groups is 2. The van der Waals surface area contributed by atoms with E-state index in [0.29, 0.717) is 20.1 Å². The highest BCUT2D eigenvalue weighted by atomic mass is 35.5. The smallest absolute Gasteiger partial charge is 0.237 e. The van der Waals surface area contributed by atoms with Crippen molar-refractivity contribution in [2.45, 2.75) is 102 Å². The van der Waals surface area contributed by atoms with E-state index >= 15 is 0 Å². The summed E-state index contributed by atoms with van der Waals surface area (Å²) in [6.07, 6.45) is 10.8. The van der Waals surface area contributed by atoms with Crippen LogP contribution < -0.4 is 31.1 Å². The third kappa shape index (κ3) is 10.6. The van der Waals surface area contributed by atoms with Gasteiger partial charge < -0.3 is 40.2 Å². The summed E-state index contributed by atoms with van der Waals surface area (Å²) < 4.78 is 4.30. The molecule has 6 heterocycles. The molecule has 12 nitrogen and oxygen atoms in total. The van der Waals surface area contributed by atoms with Crippen molar-refractivity contribution in [2.24, 2.45) is 0 Å². The summed E-state index contributed by atoms with van der Waals surface area (Å²) in [7, 11) is 0. The number of hydrogen-bond donors (Lipinski definition) is 4. The number of benzene rings is 4. The zero-order chi connectivity index (χ0) is 45.2. The number of imidazole rings is 2. The standard InChI is InChI=1S/C25H29Cl2N5O.C24H27Cl2N5O.CH4/c1-16(20-7-5-17(26)12-21(20)27)32-15-29-22-8-6-19(13-24(22)32)31-11-9-18(14-31)30-25(33)23-4-2-3-10-28-23;1-15(19-6-4-16(25)11-20(19)26)31-14-28-21-7-5-18(12-23(21)31)30-10-8-17(13-30)29-24(32)22-3-2-9-27-22;/h5-8,12-13,15-16,18,23,28H,2-4,9-11,14H2,1H3,(H,30,33);4-7,11-12,14-15,17,22,27H,2-3,8-10,13H2,1H3,(H,29,32);1H4. The van der Waals surface area contributed by atoms with E-state index in [1.165, 1.54) is 0 Å². The molecular weight excluding hydrogens is 914 g/mol. The number of rotatable bonds is 10. The van der Waals surface area contributed by atoms with Crippen LogP contribution in [0.15, 0.2) is 85.5 Å². The number of amides is 2. The first-order valence-electron chi connectivity index (χ1n) is 22.9. The first-order valence-corrected chi connectivity index (χ1v) is 24.4. The monoisotopic (exact) mass is 972 g/mol. The molecule has 6 unspecified atom stereocenters. The van der Waals surface area contributed by atoms with Crippen molar-refractivity contribution < 1.29 is 9.59 Å². The van der Waals surface area contributed by atoms with Gasteiger partial charge in [-0.15, -0.1) is 0 Å². The van der Waals surface area contributed by atoms with Gasteiger partial charge >= 0.3 is 0 Å². The topological polar surface area (TPSA) is 124 Å². The molecular formula is C50H60Cl4N10O2. The second-order valence-corrected chi connectivity index (χ2v) is 19.6. The van der Waals surface area contributed by atoms with Crippen LogP contribution in [0.4, 0.5) is 11.4 Å². The van der Waals surface area contributed by atoms with Gasteiger partial charge in [0.25, 0.3) is 0 Å². The van der Waals surface area contributed by atoms with Gasteiger partial charge in [-0.25, -0.2) is 9.97 Å². The van der Waals surface area contributed by atoms with Crippen molar-refractivity contribution in [3.05, 3.63) is 117 Å². The lowest BCUT2D eigenvalue weighted by Crippen LogP contribution is -2.50. The molecule has 4 aliphatic rings. The molecule has 10 rings (SSSR count). The van der Waals surface area contributed by atoms with Crippen LogP contribution in [0.2, 0.25) is 20.1 Å². The van der Waals surface area contributed by atoms with Crippen molar-refractivity contribution in [1.82, 2.24) is 40.4 Å². The number of aromatic nitrogens is 4. The summed E-state index contributed by atoms with van der Waals surface area (Å²) in [6.45, 7) is 9.56. The zero-order valence-electron chi connectivity index (χ0n) is 36.8. The molecule has 2 aromatic heterocycles. The number of anilines is 2. The highest BCUT2D eigenvalue weighted by Crippen LogP contribution is 2.34. The molecule has 2 amide bonds. The molecule has 66 heavy (non-hydrogen) atoms. The van der Waals surface area contributed by atoms with E-state index in [0.717, 1.165) is 129 Å². The maximum atomic E-state index is 12.6. The molecule has 4 fully saturated rings. The van der Waals surface area contributed by atoms with E-state index in [1.54, 1.807) is 12.1 Å². The van der Waals surface area contributed by atoms with E-state index in [1.807, 2.05) is 36.9 Å². The maximum absolute atomic E-state index is 12.6. The van der Waals surface area contributed by atoms with Gasteiger partial charge in [-0.2, -0.15) is 0 Å². The Kier molecular flexibility index (Phi) is 15.4. The third-order valence-corrected chi connectivity index (χ3v) is 14.7. The lowest BCUT2D eigenvalue weighted by Gasteiger charge is -2.25. The summed E-state index contributed by atoms with van der Waals surface area (Å²) >= 11 is 25.1. The number of nitrogens with zero attached hydrogens (tertiary/aromatic N) is 6. The second kappa shape index (κ2) is 21.2. The predicted molar refractivity (Wildman–Crippen MR) is 271 cm³/mol. The molecule has 4 aromatic carbocycles. The molecule has 350 valence electrons. The molecule has 6 atom stereocenters. The van der Waals surface area contributed by atoms with Crippen LogP contribution in [0, 0.1) is 0 Å². The molecule has 16 heteroatoms. The predicted octanol–water partition coefficient (Wildman–Crippen LogP) is 9.82. The number of carbonyl (C=O) groups excluding carboxylic acids is 2. The van der Waals surface area contributed by atoms with Gasteiger partial charge in [-0.3, -0.25) is 9.59 Å². The van der Waals surface area contributed by atoms with Crippen molar-refractivity contribution in [2.75, 3.05) is 49.1 Å². The Bertz CT molecular complexity index is 2660. The third-order valence-electron chi connectivity index (χ3n) is 13.6. The van der Waals surface area contributed by atoms with E-state index in [4.69, 9.17) is 46.4 Å². The summed E-state index contributed by atoms with van der Waals surface area (Å²) in [5, 5.41) is 15.7. The highest BCUT2D eigenvalue weighted by molar-refractivity contribution is 6.35. The number of hydrogen-bond acceptors (Lipinski definition) is 8. The number of piperidine rings is 1. The number of nitrogens with one attached hydrogen (secondary N) is 4. The van der Waals surface area contributed by atoms with Crippen LogP contribution >= 0.6 is 46.4 Å². The van der Waals surface area contributed by atoms with Crippen LogP contribution in [0.1, 0.15) is 89.4 Å². The SMILES string of the molecule is C.CC(c1ccc(Cl)cc1Cl)n1cnc2ccc(N3CCC(NC(=O)C4CCCCN4)C3)cc21.CC(c1ccc(Cl)cc1Cl)n1cnc2ccc(N3CCC(NC(=O)C4CCCN4)C3)cc21. The van der Waals surface area contributed by atoms with Gasteiger partial charge in [-0.05, 0) is 137 Å². The Morgan fingerprint density at radius 1 is 0.606 bits per heavy atom. The highest BCUT2D eigenvalue weighted by Gasteiger charge is 2.30. The lowest BCUT2D eigenvalue weighted by molar-refractivity contribution is -0.124. The normalized spacial score (nSPS) is 21.6. The average Bonchev–Trinajstić information content (AvgIpc) is 4.17. The molecule has 6 aromatic rings. The molecule has 0 bridgehead atoms. The minimum Gasteiger partial charge on any atom is -0.369 e. The molecule has 0 spiro atoms. The molecule has 0 saturated carbocycles. The zero-order valence-corrected chi connectivity index (χ0v) is 39.8. The van der Waals surface area contributed by atoms with Crippen LogP contribution in [0.5, 0.6) is 0 Å². The van der Waals surface area contributed by atoms with E-state index in [-0.39, 0.29) is 55.5 Å². The Balaban J connectivity index is 0.000000177. The molecule has 4 aliphatic heterocycles. The van der Waals surface area contributed by atoms with Crippen molar-refractivity contribution >= 4 is 91.7 Å². The summed E-state index contributed by atoms with van der Waals surface area (Å²) in [4.78, 5) is 38.9. The summed E-state index contributed by atoms with van der Waals surface area (Å²) in [6, 6.07) is 24.3. The van der Waals surface area contributed by atoms with Crippen LogP contribution in [0.3, 0.4) is 0 Å². The van der Waals surface area contributed by atoms with Crippen molar-refractivity contribution in [3.8, 4) is 0 Å². The van der Waals surface area contributed by atoms with Gasteiger partial charge in [0, 0.05) is 69.7 Å². The van der Waals surface area contributed by atoms with Gasteiger partial charge in [-0.1, -0.05) is 72.4 Å². The second-order valence-electron chi connectivity index (χ2n) is 17.9. The largest absolute Gasteiger partial charge is 0.369 e. The van der Waals surface area contributed by atoms with Crippen LogP contribution in [-0.4, -0.2) is 94.4 Å². The molecule has 0 radical (unpaired) electrons. The summed E-state index contributed by atoms with van der Waals surface area (Å²) in [5.74, 6) is 0.278. The Morgan fingerprint density at radius 3 is 1.48 bits per heavy atom. The Labute approximate surface area is 407 Å². The molecule has 4 N–H and O–H groups in total. The number of halogens is 4. The number of fused-ring (bicyclic) bond motifs is 2. The maximum Gasteiger partial charge on any atom is 0.237 e. The summed E-state index contributed by atoms with van der Waals surface area (Å²) in [5.41, 5.74) is 8.31. The van der Waals surface area contributed by atoms with Crippen molar-refractivity contribution in [3.63, 3.8) is 0 Å². The van der Waals surface area contributed by atoms with Gasteiger partial charge in [0.15, 0.2) is 0 Å². The lowest BCUT2D eigenvalue weighted by atomic mass is 10.0. The fraction of sp³-hybridized carbons (Fsp3) is 0.440. The van der Waals surface area contributed by atoms with Crippen LogP contribution in [-0.2, 0) is 9.59 Å². The minimum atomic E-state index is -0.0420. The quantitative estimate of drug-likeness (QED) is 0.107. The Hall–Kier alpha value is -4.56. The van der Waals surface area contributed by atoms with Gasteiger partial charge in [0.2, 0.25) is 11.8 Å². The first-order chi connectivity index (χ1) is 31.5. The average molecular weight is 975 g/mol. The van der Waals surface area contributed by atoms with Crippen molar-refractivity contribution in [1.29, 1.82) is 0 Å². The van der Waals surface area contributed by atoms with E-state index in [9.17, 15) is 9.59 Å². The fourth-order valence-corrected chi connectivity index (χ4v) is 11.0. The fourth-order valence-electron chi connectivity index (χ4n) is 9.83. The van der Waals surface area contributed by atoms with Gasteiger partial charge in [0.05, 0.1) is 58.9 Å². The van der Waals surface area contributed by atoms with E-state index in [2.05, 4.69) is 100 Å².